The molecular weight excluding hydrogens is 232 g/mol. The molecule has 0 saturated heterocycles. The maximum absolute atomic E-state index is 12.1. The highest BCUT2D eigenvalue weighted by molar-refractivity contribution is 7.99. The van der Waals surface area contributed by atoms with E-state index in [4.69, 9.17) is 5.73 Å². The Morgan fingerprint density at radius 2 is 2.18 bits per heavy atom. The molecule has 98 valence electrons. The van der Waals surface area contributed by atoms with E-state index in [1.54, 1.807) is 0 Å². The monoisotopic (exact) mass is 256 g/mol. The zero-order valence-corrected chi connectivity index (χ0v) is 11.5. The summed E-state index contributed by atoms with van der Waals surface area (Å²) in [6.07, 6.45) is 6.64. The van der Waals surface area contributed by atoms with Gasteiger partial charge in [0.25, 0.3) is 0 Å². The first-order valence-corrected chi connectivity index (χ1v) is 7.93. The highest BCUT2D eigenvalue weighted by Crippen LogP contribution is 2.30. The number of amides is 1. The Morgan fingerprint density at radius 1 is 1.35 bits per heavy atom. The van der Waals surface area contributed by atoms with Gasteiger partial charge in [0.1, 0.15) is 0 Å². The normalized spacial score (nSPS) is 37.3. The molecule has 2 fully saturated rings. The second-order valence-corrected chi connectivity index (χ2v) is 6.87. The van der Waals surface area contributed by atoms with Gasteiger partial charge in [-0.1, -0.05) is 13.3 Å². The minimum Gasteiger partial charge on any atom is -0.353 e. The fraction of sp³-hybridized carbons (Fsp3) is 0.923. The van der Waals surface area contributed by atoms with Gasteiger partial charge >= 0.3 is 0 Å². The average Bonchev–Trinajstić information content (AvgIpc) is 2.88. The van der Waals surface area contributed by atoms with Gasteiger partial charge < -0.3 is 11.1 Å². The first kappa shape index (κ1) is 13.2. The molecule has 3 nitrogen and oxygen atoms in total. The molecule has 2 rings (SSSR count). The third kappa shape index (κ3) is 3.38. The SMILES string of the molecule is CCSC1CCC(NC(=O)C2CCCC2N)C1. The van der Waals surface area contributed by atoms with Crippen LogP contribution in [0.1, 0.15) is 45.4 Å². The molecule has 17 heavy (non-hydrogen) atoms. The molecule has 4 unspecified atom stereocenters. The zero-order valence-electron chi connectivity index (χ0n) is 10.7. The molecule has 2 saturated carbocycles. The number of nitrogens with one attached hydrogen (secondary N) is 1. The lowest BCUT2D eigenvalue weighted by Gasteiger charge is -2.19. The number of rotatable bonds is 4. The van der Waals surface area contributed by atoms with Gasteiger partial charge in [-0.15, -0.1) is 0 Å². The van der Waals surface area contributed by atoms with Crippen LogP contribution >= 0.6 is 11.8 Å². The van der Waals surface area contributed by atoms with Crippen molar-refractivity contribution in [1.29, 1.82) is 0 Å². The van der Waals surface area contributed by atoms with Gasteiger partial charge in [-0.2, -0.15) is 11.8 Å². The van der Waals surface area contributed by atoms with Crippen LogP contribution in [0.2, 0.25) is 0 Å². The van der Waals surface area contributed by atoms with Crippen LogP contribution in [0, 0.1) is 5.92 Å². The predicted molar refractivity (Wildman–Crippen MR) is 73.0 cm³/mol. The molecule has 0 aromatic rings. The Balaban J connectivity index is 1.76. The third-order valence-electron chi connectivity index (χ3n) is 4.04. The van der Waals surface area contributed by atoms with Gasteiger partial charge in [-0.05, 0) is 37.9 Å². The standard InChI is InChI=1S/C13H24N2OS/c1-2-17-10-7-6-9(8-10)15-13(16)11-4-3-5-12(11)14/h9-12H,2-8,14H2,1H3,(H,15,16). The van der Waals surface area contributed by atoms with Gasteiger partial charge in [0.05, 0.1) is 5.92 Å². The van der Waals surface area contributed by atoms with Crippen LogP contribution in [0.5, 0.6) is 0 Å². The van der Waals surface area contributed by atoms with Crippen LogP contribution in [0.3, 0.4) is 0 Å². The Labute approximate surface area is 108 Å². The fourth-order valence-electron chi connectivity index (χ4n) is 3.08. The van der Waals surface area contributed by atoms with Crippen molar-refractivity contribution in [1.82, 2.24) is 5.32 Å². The number of carbonyl (C=O) groups is 1. The van der Waals surface area contributed by atoms with Gasteiger partial charge in [-0.25, -0.2) is 0 Å². The molecule has 0 aliphatic heterocycles. The number of thioether (sulfide) groups is 1. The van der Waals surface area contributed by atoms with E-state index in [2.05, 4.69) is 12.2 Å². The molecule has 4 atom stereocenters. The second kappa shape index (κ2) is 6.10. The van der Waals surface area contributed by atoms with E-state index in [1.165, 1.54) is 12.2 Å². The molecule has 0 radical (unpaired) electrons. The van der Waals surface area contributed by atoms with E-state index < -0.39 is 0 Å². The molecule has 0 aromatic carbocycles. The van der Waals surface area contributed by atoms with Crippen LogP contribution < -0.4 is 11.1 Å². The lowest BCUT2D eigenvalue weighted by atomic mass is 10.0. The van der Waals surface area contributed by atoms with Crippen molar-refractivity contribution in [2.24, 2.45) is 11.7 Å². The molecule has 3 N–H and O–H groups in total. The van der Waals surface area contributed by atoms with Crippen molar-refractivity contribution < 1.29 is 4.79 Å². The summed E-state index contributed by atoms with van der Waals surface area (Å²) in [5.74, 6) is 1.47. The van der Waals surface area contributed by atoms with Gasteiger partial charge in [0, 0.05) is 17.3 Å². The quantitative estimate of drug-likeness (QED) is 0.808. The summed E-state index contributed by atoms with van der Waals surface area (Å²) in [6.45, 7) is 2.20. The smallest absolute Gasteiger partial charge is 0.224 e. The summed E-state index contributed by atoms with van der Waals surface area (Å²) < 4.78 is 0. The van der Waals surface area contributed by atoms with Crippen LogP contribution in [-0.4, -0.2) is 29.0 Å². The van der Waals surface area contributed by atoms with Crippen LogP contribution in [0.4, 0.5) is 0 Å². The predicted octanol–water partition coefficient (Wildman–Crippen LogP) is 1.90. The van der Waals surface area contributed by atoms with Crippen LogP contribution in [-0.2, 0) is 4.79 Å². The molecule has 0 bridgehead atoms. The van der Waals surface area contributed by atoms with Crippen molar-refractivity contribution in [3.63, 3.8) is 0 Å². The summed E-state index contributed by atoms with van der Waals surface area (Å²) in [5, 5.41) is 3.96. The molecule has 4 heteroatoms. The summed E-state index contributed by atoms with van der Waals surface area (Å²) in [6, 6.07) is 0.497. The molecule has 0 heterocycles. The van der Waals surface area contributed by atoms with Crippen molar-refractivity contribution in [2.75, 3.05) is 5.75 Å². The van der Waals surface area contributed by atoms with Crippen molar-refractivity contribution >= 4 is 17.7 Å². The summed E-state index contributed by atoms with van der Waals surface area (Å²) in [7, 11) is 0. The lowest BCUT2D eigenvalue weighted by molar-refractivity contribution is -0.125. The Bertz CT molecular complexity index is 272. The van der Waals surface area contributed by atoms with Gasteiger partial charge in [0.2, 0.25) is 5.91 Å². The molecule has 2 aliphatic carbocycles. The molecule has 0 spiro atoms. The second-order valence-electron chi connectivity index (χ2n) is 5.30. The Hall–Kier alpha value is -0.220. The summed E-state index contributed by atoms with van der Waals surface area (Å²) in [4.78, 5) is 12.1. The minimum atomic E-state index is 0.0767. The third-order valence-corrected chi connectivity index (χ3v) is 5.27. The topological polar surface area (TPSA) is 55.1 Å². The van der Waals surface area contributed by atoms with Gasteiger partial charge in [-0.3, -0.25) is 4.79 Å². The average molecular weight is 256 g/mol. The maximum atomic E-state index is 12.1. The van der Waals surface area contributed by atoms with Crippen LogP contribution in [0.25, 0.3) is 0 Å². The Kier molecular flexibility index (Phi) is 4.74. The number of nitrogens with two attached hydrogens (primary N) is 1. The molecule has 0 aromatic heterocycles. The highest BCUT2D eigenvalue weighted by atomic mass is 32.2. The largest absolute Gasteiger partial charge is 0.353 e. The zero-order chi connectivity index (χ0) is 12.3. The number of hydrogen-bond donors (Lipinski definition) is 2. The highest BCUT2D eigenvalue weighted by Gasteiger charge is 2.33. The lowest BCUT2D eigenvalue weighted by Crippen LogP contribution is -2.42. The van der Waals surface area contributed by atoms with E-state index >= 15 is 0 Å². The van der Waals surface area contributed by atoms with E-state index in [9.17, 15) is 4.79 Å². The van der Waals surface area contributed by atoms with E-state index in [1.807, 2.05) is 11.8 Å². The van der Waals surface area contributed by atoms with Crippen LogP contribution in [0.15, 0.2) is 0 Å². The minimum absolute atomic E-state index is 0.0767. The van der Waals surface area contributed by atoms with E-state index in [0.717, 1.165) is 37.4 Å². The maximum Gasteiger partial charge on any atom is 0.224 e. The number of carbonyl (C=O) groups excluding carboxylic acids is 1. The van der Waals surface area contributed by atoms with E-state index in [-0.39, 0.29) is 17.9 Å². The van der Waals surface area contributed by atoms with Crippen molar-refractivity contribution in [3.05, 3.63) is 0 Å². The summed E-state index contributed by atoms with van der Waals surface area (Å²) in [5.41, 5.74) is 5.96. The first-order chi connectivity index (χ1) is 8.20. The number of hydrogen-bond acceptors (Lipinski definition) is 3. The van der Waals surface area contributed by atoms with Crippen molar-refractivity contribution in [3.8, 4) is 0 Å². The Morgan fingerprint density at radius 3 is 2.82 bits per heavy atom. The molecule has 2 aliphatic rings. The molecule has 1 amide bonds. The fourth-order valence-corrected chi connectivity index (χ4v) is 4.22. The van der Waals surface area contributed by atoms with Crippen molar-refractivity contribution in [2.45, 2.75) is 62.8 Å². The van der Waals surface area contributed by atoms with Gasteiger partial charge in [0.15, 0.2) is 0 Å². The molecular formula is C13H24N2OS. The summed E-state index contributed by atoms with van der Waals surface area (Å²) >= 11 is 2.03. The first-order valence-electron chi connectivity index (χ1n) is 6.88. The van der Waals surface area contributed by atoms with E-state index in [0.29, 0.717) is 6.04 Å².